The van der Waals surface area contributed by atoms with Crippen LogP contribution in [0, 0.1) is 0 Å². The summed E-state index contributed by atoms with van der Waals surface area (Å²) in [6.07, 6.45) is 1.66. The van der Waals surface area contributed by atoms with Crippen LogP contribution < -0.4 is 24.3 Å². The van der Waals surface area contributed by atoms with Gasteiger partial charge in [0, 0.05) is 29.9 Å². The third kappa shape index (κ3) is 8.81. The fraction of sp³-hybridized carbons (Fsp3) is 0.364. The van der Waals surface area contributed by atoms with E-state index in [0.29, 0.717) is 57.6 Å². The number of benzene rings is 3. The lowest BCUT2D eigenvalue weighted by atomic mass is 10.1. The van der Waals surface area contributed by atoms with Crippen LogP contribution in [0.3, 0.4) is 0 Å². The van der Waals surface area contributed by atoms with Gasteiger partial charge in [-0.2, -0.15) is 0 Å². The maximum Gasteiger partial charge on any atom is 0.230 e. The summed E-state index contributed by atoms with van der Waals surface area (Å²) in [4.78, 5) is 23.4. The topological polar surface area (TPSA) is 95.0 Å². The van der Waals surface area contributed by atoms with Crippen LogP contribution in [-0.2, 0) is 11.2 Å². The zero-order chi connectivity index (χ0) is 30.6. The minimum Gasteiger partial charge on any atom is -0.497 e. The highest BCUT2D eigenvalue weighted by molar-refractivity contribution is 5.92. The van der Waals surface area contributed by atoms with Gasteiger partial charge < -0.3 is 24.3 Å². The fourth-order valence-electron chi connectivity index (χ4n) is 4.65. The third-order valence-electron chi connectivity index (χ3n) is 6.65. The molecular formula is C33H42N4O5. The Morgan fingerprint density at radius 2 is 1.50 bits per heavy atom. The summed E-state index contributed by atoms with van der Waals surface area (Å²) >= 11 is 0. The first-order valence-corrected chi connectivity index (χ1v) is 14.0. The average Bonchev–Trinajstić information content (AvgIpc) is 2.98. The summed E-state index contributed by atoms with van der Waals surface area (Å²) in [5, 5.41) is 3.56. The molecule has 0 saturated heterocycles. The number of anilines is 1. The molecule has 0 saturated carbocycles. The number of carbonyl (C=O) groups excluding carboxylic acids is 1. The number of hydrogen-bond acceptors (Lipinski definition) is 8. The predicted octanol–water partition coefficient (Wildman–Crippen LogP) is 6.75. The van der Waals surface area contributed by atoms with Crippen LogP contribution in [0.25, 0.3) is 10.9 Å². The number of aromatic nitrogens is 2. The van der Waals surface area contributed by atoms with Gasteiger partial charge in [-0.25, -0.2) is 9.97 Å². The lowest BCUT2D eigenvalue weighted by Crippen LogP contribution is -2.36. The monoisotopic (exact) mass is 574 g/mol. The van der Waals surface area contributed by atoms with Gasteiger partial charge in [-0.1, -0.05) is 25.1 Å². The molecule has 42 heavy (non-hydrogen) atoms. The quantitative estimate of drug-likeness (QED) is 0.210. The van der Waals surface area contributed by atoms with Crippen molar-refractivity contribution in [3.63, 3.8) is 0 Å². The zero-order valence-corrected chi connectivity index (χ0v) is 25.8. The second-order valence-electron chi connectivity index (χ2n) is 10.1. The number of rotatable bonds is 11. The van der Waals surface area contributed by atoms with Crippen molar-refractivity contribution in [3.8, 4) is 28.9 Å². The van der Waals surface area contributed by atoms with E-state index < -0.39 is 0 Å². The Labute approximate surface area is 248 Å². The van der Waals surface area contributed by atoms with E-state index in [0.717, 1.165) is 12.1 Å². The van der Waals surface area contributed by atoms with Gasteiger partial charge in [0.2, 0.25) is 11.8 Å². The standard InChI is InChI=1S/C25H23N3O5.C8H19N/c1-30-19-6-4-5-17(12-19)28-24(29)11-16-7-9-18(10-8-16)33-25-20-13-22(31-2)23(32-3)14-21(20)26-15-27-25;1-6-9(7(2)3)8(4)5/h4-10,12-15H,11H2,1-3H3,(H,28,29);7-8H,6H2,1-5H3. The van der Waals surface area contributed by atoms with Crippen molar-refractivity contribution < 1.29 is 23.7 Å². The van der Waals surface area contributed by atoms with E-state index in [1.54, 1.807) is 51.7 Å². The second-order valence-corrected chi connectivity index (χ2v) is 10.1. The highest BCUT2D eigenvalue weighted by Crippen LogP contribution is 2.35. The van der Waals surface area contributed by atoms with Crippen LogP contribution in [0.15, 0.2) is 67.0 Å². The zero-order valence-electron chi connectivity index (χ0n) is 25.8. The largest absolute Gasteiger partial charge is 0.497 e. The molecule has 0 aliphatic carbocycles. The minimum absolute atomic E-state index is 0.125. The molecule has 4 rings (SSSR count). The van der Waals surface area contributed by atoms with Crippen LogP contribution in [-0.4, -0.2) is 60.7 Å². The normalized spacial score (nSPS) is 10.8. The Kier molecular flexibility index (Phi) is 11.9. The molecule has 0 aliphatic heterocycles. The number of methoxy groups -OCH3 is 3. The Morgan fingerprint density at radius 1 is 0.833 bits per heavy atom. The molecule has 0 fully saturated rings. The van der Waals surface area contributed by atoms with Crippen LogP contribution in [0.4, 0.5) is 5.69 Å². The van der Waals surface area contributed by atoms with Gasteiger partial charge in [-0.05, 0) is 70.1 Å². The highest BCUT2D eigenvalue weighted by Gasteiger charge is 2.13. The smallest absolute Gasteiger partial charge is 0.230 e. The first-order chi connectivity index (χ1) is 20.2. The Balaban J connectivity index is 0.000000467. The Hall–Kier alpha value is -4.37. The van der Waals surface area contributed by atoms with Crippen LogP contribution in [0.2, 0.25) is 0 Å². The van der Waals surface area contributed by atoms with Crippen molar-refractivity contribution in [2.24, 2.45) is 0 Å². The van der Waals surface area contributed by atoms with E-state index >= 15 is 0 Å². The average molecular weight is 575 g/mol. The van der Waals surface area contributed by atoms with E-state index in [-0.39, 0.29) is 12.3 Å². The first-order valence-electron chi connectivity index (χ1n) is 14.0. The van der Waals surface area contributed by atoms with Gasteiger partial charge in [0.05, 0.1) is 38.7 Å². The molecule has 0 atom stereocenters. The molecule has 1 N–H and O–H groups in total. The third-order valence-corrected chi connectivity index (χ3v) is 6.65. The molecule has 0 aliphatic rings. The number of ether oxygens (including phenoxy) is 4. The molecule has 1 aromatic heterocycles. The second kappa shape index (κ2) is 15.6. The summed E-state index contributed by atoms with van der Waals surface area (Å²) in [5.41, 5.74) is 2.20. The van der Waals surface area contributed by atoms with Crippen molar-refractivity contribution >= 4 is 22.5 Å². The summed E-state index contributed by atoms with van der Waals surface area (Å²) in [5.74, 6) is 2.67. The molecule has 0 bridgehead atoms. The van der Waals surface area contributed by atoms with Gasteiger partial charge in [-0.15, -0.1) is 0 Å². The molecule has 3 aromatic carbocycles. The summed E-state index contributed by atoms with van der Waals surface area (Å²) in [6, 6.07) is 19.4. The van der Waals surface area contributed by atoms with Crippen molar-refractivity contribution in [1.82, 2.24) is 14.9 Å². The number of nitrogens with zero attached hydrogens (tertiary/aromatic N) is 3. The number of amides is 1. The van der Waals surface area contributed by atoms with Gasteiger partial charge in [0.1, 0.15) is 17.8 Å². The van der Waals surface area contributed by atoms with Crippen LogP contribution in [0.1, 0.15) is 40.2 Å². The van der Waals surface area contributed by atoms with E-state index in [9.17, 15) is 4.79 Å². The van der Waals surface area contributed by atoms with Crippen molar-refractivity contribution in [2.75, 3.05) is 33.2 Å². The SMILES string of the molecule is CCN(C(C)C)C(C)C.COc1cccc(NC(=O)Cc2ccc(Oc3ncnc4cc(OC)c(OC)cc34)cc2)c1. The lowest BCUT2D eigenvalue weighted by Gasteiger charge is -2.28. The number of carbonyl (C=O) groups is 1. The number of hydrogen-bond donors (Lipinski definition) is 1. The summed E-state index contributed by atoms with van der Waals surface area (Å²) in [7, 11) is 4.72. The van der Waals surface area contributed by atoms with E-state index in [4.69, 9.17) is 18.9 Å². The molecule has 9 heteroatoms. The van der Waals surface area contributed by atoms with Crippen LogP contribution >= 0.6 is 0 Å². The van der Waals surface area contributed by atoms with Gasteiger partial charge in [0.25, 0.3) is 0 Å². The van der Waals surface area contributed by atoms with Crippen molar-refractivity contribution in [1.29, 1.82) is 0 Å². The molecule has 0 radical (unpaired) electrons. The molecule has 9 nitrogen and oxygen atoms in total. The number of nitrogens with one attached hydrogen (secondary N) is 1. The van der Waals surface area contributed by atoms with Crippen molar-refractivity contribution in [2.45, 2.75) is 53.1 Å². The summed E-state index contributed by atoms with van der Waals surface area (Å²) in [6.45, 7) is 12.3. The molecular weight excluding hydrogens is 532 g/mol. The van der Waals surface area contributed by atoms with Gasteiger partial charge in [-0.3, -0.25) is 9.69 Å². The summed E-state index contributed by atoms with van der Waals surface area (Å²) < 4.78 is 21.9. The Morgan fingerprint density at radius 3 is 2.07 bits per heavy atom. The van der Waals surface area contributed by atoms with E-state index in [2.05, 4.69) is 54.8 Å². The van der Waals surface area contributed by atoms with Gasteiger partial charge in [0.15, 0.2) is 11.5 Å². The minimum atomic E-state index is -0.125. The van der Waals surface area contributed by atoms with Gasteiger partial charge >= 0.3 is 0 Å². The predicted molar refractivity (Wildman–Crippen MR) is 167 cm³/mol. The van der Waals surface area contributed by atoms with Crippen molar-refractivity contribution in [3.05, 3.63) is 72.6 Å². The molecule has 1 amide bonds. The Bertz CT molecular complexity index is 1430. The number of fused-ring (bicyclic) bond motifs is 1. The molecule has 4 aromatic rings. The highest BCUT2D eigenvalue weighted by atomic mass is 16.5. The molecule has 1 heterocycles. The maximum atomic E-state index is 12.4. The maximum absolute atomic E-state index is 12.4. The van der Waals surface area contributed by atoms with Crippen LogP contribution in [0.5, 0.6) is 28.9 Å². The molecule has 0 spiro atoms. The fourth-order valence-corrected chi connectivity index (χ4v) is 4.65. The lowest BCUT2D eigenvalue weighted by molar-refractivity contribution is -0.115. The van der Waals surface area contributed by atoms with E-state index in [1.807, 2.05) is 30.3 Å². The molecule has 224 valence electrons. The first kappa shape index (κ1) is 32.1. The van der Waals surface area contributed by atoms with E-state index in [1.165, 1.54) is 6.33 Å². The molecule has 0 unspecified atom stereocenters.